The zero-order valence-electron chi connectivity index (χ0n) is 18.3. The number of carbonyl (C=O) groups excluding carboxylic acids is 1. The Bertz CT molecular complexity index is 872. The van der Waals surface area contributed by atoms with E-state index in [9.17, 15) is 4.79 Å². The van der Waals surface area contributed by atoms with Gasteiger partial charge in [0.15, 0.2) is 0 Å². The molecule has 30 heavy (non-hydrogen) atoms. The molecule has 1 amide bonds. The largest absolute Gasteiger partial charge is 0.497 e. The number of benzene rings is 2. The summed E-state index contributed by atoms with van der Waals surface area (Å²) in [7, 11) is 5.76. The third kappa shape index (κ3) is 4.46. The van der Waals surface area contributed by atoms with Crippen molar-refractivity contribution in [2.24, 2.45) is 5.92 Å². The SMILES string of the molecule is COc1ccc2c(c1)CC(C1CCOCC1)N(C(=O)Cc1ccc(N(C)C)cc1)C2. The minimum atomic E-state index is 0.213. The minimum Gasteiger partial charge on any atom is -0.497 e. The van der Waals surface area contributed by atoms with Gasteiger partial charge in [0, 0.05) is 45.6 Å². The van der Waals surface area contributed by atoms with Gasteiger partial charge < -0.3 is 19.3 Å². The van der Waals surface area contributed by atoms with Crippen LogP contribution in [0.1, 0.15) is 29.5 Å². The van der Waals surface area contributed by atoms with Crippen LogP contribution in [0, 0.1) is 5.92 Å². The molecular weight excluding hydrogens is 376 g/mol. The molecule has 1 fully saturated rings. The van der Waals surface area contributed by atoms with Gasteiger partial charge in [0.1, 0.15) is 5.75 Å². The Balaban J connectivity index is 1.56. The zero-order chi connectivity index (χ0) is 21.1. The summed E-state index contributed by atoms with van der Waals surface area (Å²) in [6.45, 7) is 2.26. The molecule has 160 valence electrons. The third-order valence-electron chi connectivity index (χ3n) is 6.52. The van der Waals surface area contributed by atoms with Gasteiger partial charge in [0.05, 0.1) is 13.5 Å². The average Bonchev–Trinajstić information content (AvgIpc) is 2.78. The molecule has 4 rings (SSSR count). The fourth-order valence-corrected chi connectivity index (χ4v) is 4.69. The summed E-state index contributed by atoms with van der Waals surface area (Å²) in [5.74, 6) is 1.59. The van der Waals surface area contributed by atoms with Crippen LogP contribution < -0.4 is 9.64 Å². The molecule has 0 bridgehead atoms. The summed E-state index contributed by atoms with van der Waals surface area (Å²) < 4.78 is 11.0. The predicted octanol–water partition coefficient (Wildman–Crippen LogP) is 3.68. The van der Waals surface area contributed by atoms with Crippen LogP contribution in [-0.4, -0.2) is 51.3 Å². The van der Waals surface area contributed by atoms with Crippen molar-refractivity contribution < 1.29 is 14.3 Å². The fraction of sp³-hybridized carbons (Fsp3) is 0.480. The lowest BCUT2D eigenvalue weighted by atomic mass is 9.82. The molecule has 1 saturated heterocycles. The van der Waals surface area contributed by atoms with Gasteiger partial charge >= 0.3 is 0 Å². The van der Waals surface area contributed by atoms with Crippen LogP contribution in [0.15, 0.2) is 42.5 Å². The van der Waals surface area contributed by atoms with Gasteiger partial charge in [-0.2, -0.15) is 0 Å². The monoisotopic (exact) mass is 408 g/mol. The number of amides is 1. The van der Waals surface area contributed by atoms with Gasteiger partial charge in [-0.15, -0.1) is 0 Å². The van der Waals surface area contributed by atoms with Crippen molar-refractivity contribution in [2.45, 2.75) is 38.3 Å². The van der Waals surface area contributed by atoms with Crippen LogP contribution in [0.5, 0.6) is 5.75 Å². The molecule has 2 aliphatic rings. The maximum atomic E-state index is 13.4. The number of rotatable bonds is 5. The van der Waals surface area contributed by atoms with Gasteiger partial charge in [-0.1, -0.05) is 18.2 Å². The molecule has 2 heterocycles. The molecule has 0 saturated carbocycles. The number of ether oxygens (including phenoxy) is 2. The summed E-state index contributed by atoms with van der Waals surface area (Å²) in [5, 5.41) is 0. The lowest BCUT2D eigenvalue weighted by molar-refractivity contribution is -0.136. The molecule has 0 aromatic heterocycles. The quantitative estimate of drug-likeness (QED) is 0.757. The molecule has 2 aliphatic heterocycles. The second-order valence-corrected chi connectivity index (χ2v) is 8.62. The highest BCUT2D eigenvalue weighted by Gasteiger charge is 2.35. The standard InChI is InChI=1S/C25H32N2O3/c1-26(2)22-7-4-18(5-8-22)14-25(28)27-17-20-6-9-23(29-3)15-21(20)16-24(27)19-10-12-30-13-11-19/h4-9,15,19,24H,10-14,16-17H2,1-3H3. The molecular formula is C25H32N2O3. The smallest absolute Gasteiger partial charge is 0.227 e. The van der Waals surface area contributed by atoms with Crippen LogP contribution in [0.2, 0.25) is 0 Å². The van der Waals surface area contributed by atoms with Gasteiger partial charge in [-0.3, -0.25) is 4.79 Å². The average molecular weight is 409 g/mol. The van der Waals surface area contributed by atoms with Crippen molar-refractivity contribution in [1.29, 1.82) is 0 Å². The van der Waals surface area contributed by atoms with Crippen LogP contribution in [0.25, 0.3) is 0 Å². The molecule has 0 aliphatic carbocycles. The molecule has 0 radical (unpaired) electrons. The summed E-state index contributed by atoms with van der Waals surface area (Å²) in [5.41, 5.74) is 4.75. The summed E-state index contributed by atoms with van der Waals surface area (Å²) in [4.78, 5) is 17.6. The van der Waals surface area contributed by atoms with Gasteiger partial charge in [0.2, 0.25) is 5.91 Å². The molecule has 1 unspecified atom stereocenters. The van der Waals surface area contributed by atoms with Crippen LogP contribution in [-0.2, 0) is 28.9 Å². The van der Waals surface area contributed by atoms with Crippen molar-refractivity contribution in [3.63, 3.8) is 0 Å². The number of fused-ring (bicyclic) bond motifs is 1. The van der Waals surface area contributed by atoms with Crippen LogP contribution in [0.3, 0.4) is 0 Å². The highest BCUT2D eigenvalue weighted by Crippen LogP contribution is 2.34. The molecule has 5 nitrogen and oxygen atoms in total. The highest BCUT2D eigenvalue weighted by atomic mass is 16.5. The van der Waals surface area contributed by atoms with Crippen molar-refractivity contribution in [3.8, 4) is 5.75 Å². The predicted molar refractivity (Wildman–Crippen MR) is 119 cm³/mol. The number of nitrogens with zero attached hydrogens (tertiary/aromatic N) is 2. The molecule has 0 N–H and O–H groups in total. The van der Waals surface area contributed by atoms with E-state index in [4.69, 9.17) is 9.47 Å². The van der Waals surface area contributed by atoms with Crippen molar-refractivity contribution in [1.82, 2.24) is 4.90 Å². The highest BCUT2D eigenvalue weighted by molar-refractivity contribution is 5.79. The Kier molecular flexibility index (Phi) is 6.28. The van der Waals surface area contributed by atoms with Gasteiger partial charge in [-0.05, 0) is 66.1 Å². The van der Waals surface area contributed by atoms with E-state index in [1.807, 2.05) is 20.2 Å². The molecule has 2 aromatic rings. The first-order valence-corrected chi connectivity index (χ1v) is 10.8. The number of carbonyl (C=O) groups is 1. The summed E-state index contributed by atoms with van der Waals surface area (Å²) in [6, 6.07) is 14.8. The van der Waals surface area contributed by atoms with Crippen molar-refractivity contribution in [2.75, 3.05) is 39.3 Å². The Hall–Kier alpha value is -2.53. The van der Waals surface area contributed by atoms with Gasteiger partial charge in [0.25, 0.3) is 0 Å². The second kappa shape index (κ2) is 9.09. The molecule has 1 atom stereocenters. The topological polar surface area (TPSA) is 42.0 Å². The number of hydrogen-bond acceptors (Lipinski definition) is 4. The lowest BCUT2D eigenvalue weighted by Gasteiger charge is -2.42. The minimum absolute atomic E-state index is 0.213. The maximum absolute atomic E-state index is 13.4. The number of anilines is 1. The maximum Gasteiger partial charge on any atom is 0.227 e. The van der Waals surface area contributed by atoms with Gasteiger partial charge in [-0.25, -0.2) is 0 Å². The fourth-order valence-electron chi connectivity index (χ4n) is 4.69. The van der Waals surface area contributed by atoms with Crippen molar-refractivity contribution in [3.05, 3.63) is 59.2 Å². The van der Waals surface area contributed by atoms with E-state index in [2.05, 4.69) is 46.2 Å². The van der Waals surface area contributed by atoms with E-state index in [1.165, 1.54) is 11.1 Å². The van der Waals surface area contributed by atoms with E-state index < -0.39 is 0 Å². The third-order valence-corrected chi connectivity index (χ3v) is 6.52. The molecule has 0 spiro atoms. The summed E-state index contributed by atoms with van der Waals surface area (Å²) >= 11 is 0. The second-order valence-electron chi connectivity index (χ2n) is 8.62. The Morgan fingerprint density at radius 1 is 1.10 bits per heavy atom. The zero-order valence-corrected chi connectivity index (χ0v) is 18.3. The lowest BCUT2D eigenvalue weighted by Crippen LogP contribution is -2.49. The van der Waals surface area contributed by atoms with Crippen molar-refractivity contribution >= 4 is 11.6 Å². The first kappa shape index (κ1) is 20.7. The normalized spacial score (nSPS) is 19.3. The first-order chi connectivity index (χ1) is 14.5. The van der Waals surface area contributed by atoms with Crippen LogP contribution in [0.4, 0.5) is 5.69 Å². The Morgan fingerprint density at radius 2 is 1.83 bits per heavy atom. The summed E-state index contributed by atoms with van der Waals surface area (Å²) in [6.07, 6.45) is 3.37. The number of hydrogen-bond donors (Lipinski definition) is 0. The van der Waals surface area contributed by atoms with E-state index in [-0.39, 0.29) is 11.9 Å². The van der Waals surface area contributed by atoms with E-state index in [1.54, 1.807) is 7.11 Å². The van der Waals surface area contributed by atoms with E-state index in [0.717, 1.165) is 49.5 Å². The van der Waals surface area contributed by atoms with Crippen LogP contribution >= 0.6 is 0 Å². The van der Waals surface area contributed by atoms with E-state index in [0.29, 0.717) is 18.9 Å². The Morgan fingerprint density at radius 3 is 2.50 bits per heavy atom. The molecule has 2 aromatic carbocycles. The first-order valence-electron chi connectivity index (χ1n) is 10.8. The van der Waals surface area contributed by atoms with E-state index >= 15 is 0 Å². The Labute approximate surface area is 179 Å². The molecule has 5 heteroatoms. The number of methoxy groups -OCH3 is 1.